The Kier molecular flexibility index (Phi) is 4.85. The second-order valence-electron chi connectivity index (χ2n) is 6.06. The van der Waals surface area contributed by atoms with Gasteiger partial charge in [0.15, 0.2) is 5.13 Å². The fourth-order valence-electron chi connectivity index (χ4n) is 2.62. The van der Waals surface area contributed by atoms with Crippen LogP contribution in [0.3, 0.4) is 0 Å². The molecule has 0 spiro atoms. The molecule has 1 saturated carbocycles. The number of nitrogens with one attached hydrogen (secondary N) is 1. The van der Waals surface area contributed by atoms with E-state index >= 15 is 0 Å². The number of aromatic nitrogens is 1. The number of carbonyl (C=O) groups is 1. The lowest BCUT2D eigenvalue weighted by Crippen LogP contribution is -2.19. The Hall–Kier alpha value is -2.11. The van der Waals surface area contributed by atoms with Gasteiger partial charge in [-0.25, -0.2) is 4.98 Å². The number of hydrogen-bond acceptors (Lipinski definition) is 4. The number of nitrogens with zero attached hydrogens (tertiary/aromatic N) is 1. The summed E-state index contributed by atoms with van der Waals surface area (Å²) in [4.78, 5) is 18.6. The Balaban J connectivity index is 1.54. The van der Waals surface area contributed by atoms with Gasteiger partial charge in [-0.3, -0.25) is 4.79 Å². The average molecular weight is 367 g/mol. The predicted molar refractivity (Wildman–Crippen MR) is 104 cm³/mol. The number of hydrogen-bond donors (Lipinski definition) is 1. The van der Waals surface area contributed by atoms with Crippen molar-refractivity contribution in [2.45, 2.75) is 28.9 Å². The molecule has 2 aromatic carbocycles. The lowest BCUT2D eigenvalue weighted by molar-refractivity contribution is -0.115. The minimum Gasteiger partial charge on any atom is -0.301 e. The predicted octanol–water partition coefficient (Wildman–Crippen LogP) is 5.49. The van der Waals surface area contributed by atoms with Crippen LogP contribution in [0.2, 0.25) is 0 Å². The molecule has 1 unspecified atom stereocenters. The number of carbonyl (C=O) groups excluding carboxylic acids is 1. The lowest BCUT2D eigenvalue weighted by Gasteiger charge is -2.16. The van der Waals surface area contributed by atoms with E-state index in [1.807, 2.05) is 60.7 Å². The molecular weight excluding hydrogens is 348 g/mol. The van der Waals surface area contributed by atoms with Gasteiger partial charge >= 0.3 is 0 Å². The van der Waals surface area contributed by atoms with E-state index in [-0.39, 0.29) is 11.2 Å². The van der Waals surface area contributed by atoms with Crippen molar-refractivity contribution >= 4 is 34.1 Å². The van der Waals surface area contributed by atoms with E-state index in [0.29, 0.717) is 11.0 Å². The molecule has 5 heteroatoms. The van der Waals surface area contributed by atoms with Crippen LogP contribution in [0, 0.1) is 0 Å². The Labute approximate surface area is 155 Å². The van der Waals surface area contributed by atoms with Gasteiger partial charge < -0.3 is 5.32 Å². The van der Waals surface area contributed by atoms with Crippen LogP contribution in [0.1, 0.15) is 35.3 Å². The third kappa shape index (κ3) is 4.11. The first-order chi connectivity index (χ1) is 12.3. The van der Waals surface area contributed by atoms with Crippen molar-refractivity contribution in [1.29, 1.82) is 0 Å². The summed E-state index contributed by atoms with van der Waals surface area (Å²) in [7, 11) is 0. The smallest absolute Gasteiger partial charge is 0.244 e. The highest BCUT2D eigenvalue weighted by atomic mass is 32.2. The van der Waals surface area contributed by atoms with E-state index in [0.717, 1.165) is 16.2 Å². The second-order valence-corrected chi connectivity index (χ2v) is 8.10. The van der Waals surface area contributed by atoms with E-state index in [4.69, 9.17) is 0 Å². The van der Waals surface area contributed by atoms with Crippen LogP contribution < -0.4 is 5.32 Å². The zero-order valence-electron chi connectivity index (χ0n) is 13.6. The van der Waals surface area contributed by atoms with Crippen LogP contribution in [0.5, 0.6) is 0 Å². The lowest BCUT2D eigenvalue weighted by atomic mass is 10.1. The molecule has 0 aliphatic heterocycles. The summed E-state index contributed by atoms with van der Waals surface area (Å²) < 4.78 is 0. The molecule has 0 saturated heterocycles. The number of anilines is 1. The molecular formula is C20H18N2OS2. The molecule has 3 nitrogen and oxygen atoms in total. The Bertz CT molecular complexity index is 844. The third-order valence-corrected chi connectivity index (χ3v) is 6.13. The van der Waals surface area contributed by atoms with E-state index < -0.39 is 0 Å². The van der Waals surface area contributed by atoms with Crippen molar-refractivity contribution in [1.82, 2.24) is 4.98 Å². The fourth-order valence-corrected chi connectivity index (χ4v) is 4.46. The molecule has 0 radical (unpaired) electrons. The van der Waals surface area contributed by atoms with Crippen LogP contribution >= 0.6 is 23.1 Å². The summed E-state index contributed by atoms with van der Waals surface area (Å²) in [6.45, 7) is 0. The molecule has 1 N–H and O–H groups in total. The summed E-state index contributed by atoms with van der Waals surface area (Å²) >= 11 is 3.07. The Morgan fingerprint density at radius 3 is 2.44 bits per heavy atom. The first kappa shape index (κ1) is 16.4. The summed E-state index contributed by atoms with van der Waals surface area (Å²) in [5.74, 6) is 0.572. The van der Waals surface area contributed by atoms with E-state index in [9.17, 15) is 4.79 Å². The van der Waals surface area contributed by atoms with E-state index in [2.05, 4.69) is 15.7 Å². The average Bonchev–Trinajstić information content (AvgIpc) is 3.41. The molecule has 126 valence electrons. The summed E-state index contributed by atoms with van der Waals surface area (Å²) in [5.41, 5.74) is 2.11. The van der Waals surface area contributed by atoms with Crippen molar-refractivity contribution in [3.8, 4) is 0 Å². The number of thioether (sulfide) groups is 1. The zero-order valence-corrected chi connectivity index (χ0v) is 15.2. The van der Waals surface area contributed by atoms with Crippen LogP contribution in [0.25, 0.3) is 0 Å². The molecule has 0 bridgehead atoms. The van der Waals surface area contributed by atoms with Gasteiger partial charge in [0.1, 0.15) is 5.25 Å². The molecule has 1 atom stereocenters. The molecule has 1 amide bonds. The van der Waals surface area contributed by atoms with Crippen LogP contribution in [0.4, 0.5) is 5.13 Å². The van der Waals surface area contributed by atoms with Gasteiger partial charge in [0.05, 0.1) is 5.69 Å². The van der Waals surface area contributed by atoms with Crippen LogP contribution in [-0.4, -0.2) is 10.9 Å². The maximum absolute atomic E-state index is 12.9. The van der Waals surface area contributed by atoms with Gasteiger partial charge in [-0.2, -0.15) is 0 Å². The molecule has 3 aromatic rings. The molecule has 1 aliphatic carbocycles. The summed E-state index contributed by atoms with van der Waals surface area (Å²) in [6, 6.07) is 19.9. The van der Waals surface area contributed by atoms with E-state index in [1.54, 1.807) is 11.8 Å². The molecule has 25 heavy (non-hydrogen) atoms. The van der Waals surface area contributed by atoms with Crippen molar-refractivity contribution in [2.75, 3.05) is 5.32 Å². The normalized spacial score (nSPS) is 14.9. The molecule has 1 aliphatic rings. The van der Waals surface area contributed by atoms with Gasteiger partial charge in [-0.15, -0.1) is 23.1 Å². The van der Waals surface area contributed by atoms with Crippen molar-refractivity contribution < 1.29 is 4.79 Å². The van der Waals surface area contributed by atoms with Crippen molar-refractivity contribution in [2.24, 2.45) is 0 Å². The van der Waals surface area contributed by atoms with Crippen molar-refractivity contribution in [3.63, 3.8) is 0 Å². The second kappa shape index (κ2) is 7.42. The van der Waals surface area contributed by atoms with Gasteiger partial charge in [0.2, 0.25) is 5.91 Å². The number of amides is 1. The van der Waals surface area contributed by atoms with Crippen LogP contribution in [0.15, 0.2) is 70.9 Å². The van der Waals surface area contributed by atoms with E-state index in [1.165, 1.54) is 24.2 Å². The summed E-state index contributed by atoms with van der Waals surface area (Å²) in [6.07, 6.45) is 2.43. The standard InChI is InChI=1S/C20H18N2OS2/c23-19(22-20-21-17(13-24-20)14-11-12-14)18(15-7-3-1-4-8-15)25-16-9-5-2-6-10-16/h1-10,13-14,18H,11-12H2,(H,21,22,23). The number of benzene rings is 2. The van der Waals surface area contributed by atoms with Gasteiger partial charge in [0.25, 0.3) is 0 Å². The fraction of sp³-hybridized carbons (Fsp3) is 0.200. The highest BCUT2D eigenvalue weighted by Crippen LogP contribution is 2.41. The quantitative estimate of drug-likeness (QED) is 0.586. The largest absolute Gasteiger partial charge is 0.301 e. The Morgan fingerprint density at radius 2 is 1.76 bits per heavy atom. The van der Waals surface area contributed by atoms with Gasteiger partial charge in [-0.1, -0.05) is 48.5 Å². The van der Waals surface area contributed by atoms with Gasteiger partial charge in [0, 0.05) is 16.2 Å². The maximum Gasteiger partial charge on any atom is 0.244 e. The third-order valence-electron chi connectivity index (χ3n) is 4.09. The van der Waals surface area contributed by atoms with Crippen LogP contribution in [-0.2, 0) is 4.79 Å². The first-order valence-electron chi connectivity index (χ1n) is 8.32. The first-order valence-corrected chi connectivity index (χ1v) is 10.1. The summed E-state index contributed by atoms with van der Waals surface area (Å²) in [5, 5.41) is 5.46. The monoisotopic (exact) mass is 366 g/mol. The highest BCUT2D eigenvalue weighted by Gasteiger charge is 2.27. The van der Waals surface area contributed by atoms with Crippen molar-refractivity contribution in [3.05, 3.63) is 77.3 Å². The minimum absolute atomic E-state index is 0.0308. The molecule has 1 heterocycles. The molecule has 1 fully saturated rings. The van der Waals surface area contributed by atoms with Gasteiger partial charge in [-0.05, 0) is 30.5 Å². The number of rotatable bonds is 6. The Morgan fingerprint density at radius 1 is 1.08 bits per heavy atom. The molecule has 1 aromatic heterocycles. The highest BCUT2D eigenvalue weighted by molar-refractivity contribution is 8.00. The topological polar surface area (TPSA) is 42.0 Å². The zero-order chi connectivity index (χ0) is 17.1. The molecule has 4 rings (SSSR count). The SMILES string of the molecule is O=C(Nc1nc(C2CC2)cs1)C(Sc1ccccc1)c1ccccc1. The maximum atomic E-state index is 12.9. The number of thiazole rings is 1. The minimum atomic E-state index is -0.308.